The quantitative estimate of drug-likeness (QED) is 0.379. The molecule has 0 aliphatic heterocycles. The molecule has 4 rings (SSSR count). The fraction of sp³-hybridized carbons (Fsp3) is 0. The van der Waals surface area contributed by atoms with Gasteiger partial charge < -0.3 is 10.5 Å². The normalized spacial score (nSPS) is 10.9. The summed E-state index contributed by atoms with van der Waals surface area (Å²) in [5, 5.41) is 2.23. The zero-order valence-corrected chi connectivity index (χ0v) is 16.9. The van der Waals surface area contributed by atoms with Crippen LogP contribution < -0.4 is 10.5 Å². The molecule has 8 heteroatoms. The monoisotopic (exact) mass is 458 g/mol. The molecule has 0 unspecified atom stereocenters. The number of rotatable bonds is 4. The molecule has 2 heterocycles. The van der Waals surface area contributed by atoms with Crippen molar-refractivity contribution in [2.45, 2.75) is 9.92 Å². The first-order valence-corrected chi connectivity index (χ1v) is 9.85. The summed E-state index contributed by atoms with van der Waals surface area (Å²) in [4.78, 5) is 13.8. The van der Waals surface area contributed by atoms with Crippen LogP contribution in [0.2, 0.25) is 5.02 Å². The van der Waals surface area contributed by atoms with E-state index in [-0.39, 0.29) is 5.88 Å². The summed E-state index contributed by atoms with van der Waals surface area (Å²) >= 11 is 10.9. The molecule has 0 bridgehead atoms. The Morgan fingerprint density at radius 3 is 2.63 bits per heavy atom. The van der Waals surface area contributed by atoms with E-state index in [4.69, 9.17) is 22.1 Å². The molecule has 0 aliphatic rings. The maximum atomic E-state index is 6.26. The lowest BCUT2D eigenvalue weighted by Gasteiger charge is -2.12. The standard InChI is InChI=1S/C19H12BrClN4OS/c20-14-7-8-15(17-13(14)2-1-9-23-17)26-18-16(22)19(25-10-24-18)27-12-5-3-11(21)4-6-12/h1-10H,22H2. The molecule has 2 aromatic heterocycles. The van der Waals surface area contributed by atoms with Crippen molar-refractivity contribution in [1.29, 1.82) is 0 Å². The molecular formula is C19H12BrClN4OS. The van der Waals surface area contributed by atoms with Gasteiger partial charge in [-0.1, -0.05) is 45.4 Å². The largest absolute Gasteiger partial charge is 0.435 e. The zero-order chi connectivity index (χ0) is 18.8. The Balaban J connectivity index is 1.68. The highest BCUT2D eigenvalue weighted by molar-refractivity contribution is 9.10. The molecule has 0 spiro atoms. The van der Waals surface area contributed by atoms with Gasteiger partial charge in [-0.05, 0) is 42.5 Å². The van der Waals surface area contributed by atoms with Gasteiger partial charge in [0.05, 0.1) is 0 Å². The smallest absolute Gasteiger partial charge is 0.247 e. The van der Waals surface area contributed by atoms with Crippen molar-refractivity contribution in [3.63, 3.8) is 0 Å². The summed E-state index contributed by atoms with van der Waals surface area (Å²) in [6.45, 7) is 0. The van der Waals surface area contributed by atoms with E-state index in [9.17, 15) is 0 Å². The first-order chi connectivity index (χ1) is 13.1. The van der Waals surface area contributed by atoms with E-state index in [1.165, 1.54) is 18.1 Å². The fourth-order valence-corrected chi connectivity index (χ4v) is 3.81. The lowest BCUT2D eigenvalue weighted by molar-refractivity contribution is 0.466. The molecule has 0 radical (unpaired) electrons. The number of ether oxygens (including phenoxy) is 1. The summed E-state index contributed by atoms with van der Waals surface area (Å²) in [6, 6.07) is 15.0. The molecular weight excluding hydrogens is 448 g/mol. The van der Waals surface area contributed by atoms with Gasteiger partial charge in [0.1, 0.15) is 22.6 Å². The predicted molar refractivity (Wildman–Crippen MR) is 112 cm³/mol. The number of benzene rings is 2. The Kier molecular flexibility index (Phi) is 5.15. The summed E-state index contributed by atoms with van der Waals surface area (Å²) in [5.41, 5.74) is 7.34. The van der Waals surface area contributed by atoms with Crippen molar-refractivity contribution >= 4 is 55.9 Å². The van der Waals surface area contributed by atoms with Crippen LogP contribution in [0.4, 0.5) is 5.69 Å². The first kappa shape index (κ1) is 18.0. The van der Waals surface area contributed by atoms with Gasteiger partial charge in [-0.25, -0.2) is 4.98 Å². The second-order valence-electron chi connectivity index (χ2n) is 5.50. The van der Waals surface area contributed by atoms with Crippen LogP contribution in [0.1, 0.15) is 0 Å². The number of hydrogen-bond donors (Lipinski definition) is 1. The second-order valence-corrected chi connectivity index (χ2v) is 7.85. The number of fused-ring (bicyclic) bond motifs is 1. The van der Waals surface area contributed by atoms with Gasteiger partial charge in [-0.15, -0.1) is 0 Å². The third-order valence-corrected chi connectivity index (χ3v) is 5.70. The lowest BCUT2D eigenvalue weighted by Crippen LogP contribution is -2.00. The maximum absolute atomic E-state index is 6.26. The van der Waals surface area contributed by atoms with Crippen molar-refractivity contribution in [3.05, 3.63) is 70.6 Å². The van der Waals surface area contributed by atoms with Gasteiger partial charge in [0.15, 0.2) is 5.75 Å². The minimum Gasteiger partial charge on any atom is -0.435 e. The van der Waals surface area contributed by atoms with Gasteiger partial charge in [0, 0.05) is 26.0 Å². The maximum Gasteiger partial charge on any atom is 0.247 e. The van der Waals surface area contributed by atoms with E-state index in [0.29, 0.717) is 21.5 Å². The number of nitrogens with zero attached hydrogens (tertiary/aromatic N) is 3. The highest BCUT2D eigenvalue weighted by Gasteiger charge is 2.14. The third-order valence-electron chi connectivity index (χ3n) is 3.73. The summed E-state index contributed by atoms with van der Waals surface area (Å²) in [6.07, 6.45) is 3.14. The summed E-state index contributed by atoms with van der Waals surface area (Å²) in [7, 11) is 0. The molecule has 2 N–H and O–H groups in total. The Morgan fingerprint density at radius 1 is 1.00 bits per heavy atom. The number of halogens is 2. The summed E-state index contributed by atoms with van der Waals surface area (Å²) in [5.74, 6) is 0.859. The molecule has 134 valence electrons. The van der Waals surface area contributed by atoms with Crippen LogP contribution >= 0.6 is 39.3 Å². The zero-order valence-electron chi connectivity index (χ0n) is 13.8. The molecule has 0 aliphatic carbocycles. The number of nitrogens with two attached hydrogens (primary N) is 1. The number of anilines is 1. The van der Waals surface area contributed by atoms with E-state index in [1.807, 2.05) is 48.5 Å². The van der Waals surface area contributed by atoms with Crippen LogP contribution in [0.15, 0.2) is 75.4 Å². The third kappa shape index (κ3) is 3.85. The van der Waals surface area contributed by atoms with Crippen molar-refractivity contribution in [2.24, 2.45) is 0 Å². The number of nitrogen functional groups attached to an aromatic ring is 1. The predicted octanol–water partition coefficient (Wildman–Crippen LogP) is 5.97. The van der Waals surface area contributed by atoms with Crippen molar-refractivity contribution in [3.8, 4) is 11.6 Å². The molecule has 0 fully saturated rings. The van der Waals surface area contributed by atoms with Crippen molar-refractivity contribution in [2.75, 3.05) is 5.73 Å². The number of aromatic nitrogens is 3. The van der Waals surface area contributed by atoms with Crippen LogP contribution in [0.5, 0.6) is 11.6 Å². The van der Waals surface area contributed by atoms with Gasteiger partial charge in [0.2, 0.25) is 5.88 Å². The van der Waals surface area contributed by atoms with Gasteiger partial charge in [-0.2, -0.15) is 4.98 Å². The lowest BCUT2D eigenvalue weighted by atomic mass is 10.2. The van der Waals surface area contributed by atoms with Gasteiger partial charge >= 0.3 is 0 Å². The molecule has 27 heavy (non-hydrogen) atoms. The Morgan fingerprint density at radius 2 is 1.81 bits per heavy atom. The SMILES string of the molecule is Nc1c(Oc2ccc(Br)c3cccnc23)ncnc1Sc1ccc(Cl)cc1. The first-order valence-electron chi connectivity index (χ1n) is 7.87. The van der Waals surface area contributed by atoms with Crippen molar-refractivity contribution < 1.29 is 4.74 Å². The van der Waals surface area contributed by atoms with Crippen LogP contribution in [-0.2, 0) is 0 Å². The van der Waals surface area contributed by atoms with Crippen molar-refractivity contribution in [1.82, 2.24) is 15.0 Å². The minimum atomic E-state index is 0.288. The topological polar surface area (TPSA) is 73.9 Å². The molecule has 0 saturated carbocycles. The number of pyridine rings is 1. The average molecular weight is 460 g/mol. The van der Waals surface area contributed by atoms with E-state index in [2.05, 4.69) is 30.9 Å². The van der Waals surface area contributed by atoms with E-state index in [1.54, 1.807) is 6.20 Å². The molecule has 2 aromatic carbocycles. The molecule has 0 amide bonds. The molecule has 0 saturated heterocycles. The van der Waals surface area contributed by atoms with E-state index < -0.39 is 0 Å². The molecule has 0 atom stereocenters. The number of hydrogen-bond acceptors (Lipinski definition) is 6. The van der Waals surface area contributed by atoms with Crippen LogP contribution in [0.25, 0.3) is 10.9 Å². The van der Waals surface area contributed by atoms with Gasteiger partial charge in [-0.3, -0.25) is 4.98 Å². The minimum absolute atomic E-state index is 0.288. The highest BCUT2D eigenvalue weighted by Crippen LogP contribution is 2.38. The van der Waals surface area contributed by atoms with E-state index >= 15 is 0 Å². The highest BCUT2D eigenvalue weighted by atomic mass is 79.9. The Bertz CT molecular complexity index is 1120. The molecule has 5 nitrogen and oxygen atoms in total. The van der Waals surface area contributed by atoms with Crippen LogP contribution in [-0.4, -0.2) is 15.0 Å². The summed E-state index contributed by atoms with van der Waals surface area (Å²) < 4.78 is 6.92. The molecule has 4 aromatic rings. The average Bonchev–Trinajstić information content (AvgIpc) is 2.69. The Hall–Kier alpha value is -2.35. The Labute approximate surface area is 173 Å². The van der Waals surface area contributed by atoms with E-state index in [0.717, 1.165) is 20.3 Å². The van der Waals surface area contributed by atoms with Crippen LogP contribution in [0.3, 0.4) is 0 Å². The van der Waals surface area contributed by atoms with Crippen LogP contribution in [0, 0.1) is 0 Å². The second kappa shape index (κ2) is 7.72. The fourth-order valence-electron chi connectivity index (χ4n) is 2.44. The van der Waals surface area contributed by atoms with Gasteiger partial charge in [0.25, 0.3) is 0 Å².